The fraction of sp³-hybridized carbons (Fsp3) is 0.400. The monoisotopic (exact) mass is 291 g/mol. The number of sulfonamides is 1. The quantitative estimate of drug-likeness (QED) is 0.772. The minimum atomic E-state index is -3.81. The molecule has 0 saturated heterocycles. The molecule has 0 bridgehead atoms. The SMILES string of the molecule is CC(C)(CNS(=O)(=O)c1cccnc1Cl)C(N)=O. The topological polar surface area (TPSA) is 102 Å². The zero-order valence-corrected chi connectivity index (χ0v) is 11.5. The summed E-state index contributed by atoms with van der Waals surface area (Å²) in [7, 11) is -3.81. The highest BCUT2D eigenvalue weighted by atomic mass is 35.5. The number of aromatic nitrogens is 1. The van der Waals surface area contributed by atoms with Gasteiger partial charge in [0.25, 0.3) is 0 Å². The van der Waals surface area contributed by atoms with Crippen molar-refractivity contribution in [1.82, 2.24) is 9.71 Å². The van der Waals surface area contributed by atoms with E-state index in [9.17, 15) is 13.2 Å². The van der Waals surface area contributed by atoms with Crippen LogP contribution in [0.3, 0.4) is 0 Å². The van der Waals surface area contributed by atoms with Gasteiger partial charge in [0.15, 0.2) is 0 Å². The van der Waals surface area contributed by atoms with Crippen molar-refractivity contribution in [2.45, 2.75) is 18.7 Å². The lowest BCUT2D eigenvalue weighted by atomic mass is 9.93. The summed E-state index contributed by atoms with van der Waals surface area (Å²) in [4.78, 5) is 14.6. The Morgan fingerprint density at radius 2 is 2.17 bits per heavy atom. The molecule has 0 saturated carbocycles. The van der Waals surface area contributed by atoms with Gasteiger partial charge in [0.05, 0.1) is 5.41 Å². The standard InChI is InChI=1S/C10H14ClN3O3S/c1-10(2,9(12)15)6-14-18(16,17)7-4-3-5-13-8(7)11/h3-5,14H,6H2,1-2H3,(H2,12,15). The first-order valence-electron chi connectivity index (χ1n) is 5.07. The second-order valence-electron chi connectivity index (χ2n) is 4.37. The fourth-order valence-electron chi connectivity index (χ4n) is 1.01. The van der Waals surface area contributed by atoms with E-state index in [0.717, 1.165) is 0 Å². The fourth-order valence-corrected chi connectivity index (χ4v) is 2.67. The van der Waals surface area contributed by atoms with Crippen molar-refractivity contribution in [2.75, 3.05) is 6.54 Å². The van der Waals surface area contributed by atoms with Gasteiger partial charge >= 0.3 is 0 Å². The van der Waals surface area contributed by atoms with E-state index in [2.05, 4.69) is 9.71 Å². The number of nitrogens with zero attached hydrogens (tertiary/aromatic N) is 1. The Morgan fingerprint density at radius 3 is 2.67 bits per heavy atom. The van der Waals surface area contributed by atoms with Crippen LogP contribution in [0, 0.1) is 5.41 Å². The van der Waals surface area contributed by atoms with Crippen molar-refractivity contribution in [3.63, 3.8) is 0 Å². The zero-order chi connectivity index (χ0) is 14.0. The van der Waals surface area contributed by atoms with Gasteiger partial charge in [-0.25, -0.2) is 18.1 Å². The molecule has 1 amide bonds. The highest BCUT2D eigenvalue weighted by Crippen LogP contribution is 2.19. The molecule has 0 aromatic carbocycles. The molecule has 0 spiro atoms. The molecule has 0 aliphatic carbocycles. The van der Waals surface area contributed by atoms with Crippen molar-refractivity contribution in [3.8, 4) is 0 Å². The van der Waals surface area contributed by atoms with Gasteiger partial charge in [-0.3, -0.25) is 4.79 Å². The molecule has 100 valence electrons. The molecule has 3 N–H and O–H groups in total. The molecule has 6 nitrogen and oxygen atoms in total. The largest absolute Gasteiger partial charge is 0.369 e. The van der Waals surface area contributed by atoms with Gasteiger partial charge < -0.3 is 5.73 Å². The maximum atomic E-state index is 11.9. The summed E-state index contributed by atoms with van der Waals surface area (Å²) < 4.78 is 26.2. The molecular formula is C10H14ClN3O3S. The summed E-state index contributed by atoms with van der Waals surface area (Å²) in [5.74, 6) is -0.595. The van der Waals surface area contributed by atoms with Gasteiger partial charge in [0.1, 0.15) is 10.0 Å². The Balaban J connectivity index is 2.92. The second kappa shape index (κ2) is 5.21. The summed E-state index contributed by atoms with van der Waals surface area (Å²) in [6, 6.07) is 2.79. The number of primary amides is 1. The molecular weight excluding hydrogens is 278 g/mol. The van der Waals surface area contributed by atoms with E-state index in [4.69, 9.17) is 17.3 Å². The van der Waals surface area contributed by atoms with E-state index in [0.29, 0.717) is 0 Å². The number of hydrogen-bond acceptors (Lipinski definition) is 4. The van der Waals surface area contributed by atoms with E-state index in [1.165, 1.54) is 18.3 Å². The highest BCUT2D eigenvalue weighted by molar-refractivity contribution is 7.89. The van der Waals surface area contributed by atoms with Gasteiger partial charge in [-0.1, -0.05) is 11.6 Å². The minimum Gasteiger partial charge on any atom is -0.369 e. The summed E-state index contributed by atoms with van der Waals surface area (Å²) >= 11 is 5.70. The molecule has 0 radical (unpaired) electrons. The molecule has 1 aromatic rings. The number of nitrogens with two attached hydrogens (primary N) is 1. The van der Waals surface area contributed by atoms with Crippen LogP contribution in [0.25, 0.3) is 0 Å². The first-order chi connectivity index (χ1) is 8.17. The highest BCUT2D eigenvalue weighted by Gasteiger charge is 2.28. The Morgan fingerprint density at radius 1 is 1.56 bits per heavy atom. The van der Waals surface area contributed by atoms with Gasteiger partial charge in [0, 0.05) is 12.7 Å². The van der Waals surface area contributed by atoms with Gasteiger partial charge in [-0.15, -0.1) is 0 Å². The van der Waals surface area contributed by atoms with Crippen molar-refractivity contribution < 1.29 is 13.2 Å². The first kappa shape index (κ1) is 14.9. The van der Waals surface area contributed by atoms with Crippen LogP contribution in [0.15, 0.2) is 23.2 Å². The number of amides is 1. The van der Waals surface area contributed by atoms with Crippen LogP contribution in [0.5, 0.6) is 0 Å². The second-order valence-corrected chi connectivity index (χ2v) is 6.46. The average molecular weight is 292 g/mol. The number of nitrogens with one attached hydrogen (secondary N) is 1. The molecule has 1 rings (SSSR count). The van der Waals surface area contributed by atoms with Crippen LogP contribution in [-0.2, 0) is 14.8 Å². The Hall–Kier alpha value is -1.18. The molecule has 0 atom stereocenters. The van der Waals surface area contributed by atoms with Crippen LogP contribution in [0.2, 0.25) is 5.15 Å². The van der Waals surface area contributed by atoms with Crippen molar-refractivity contribution in [2.24, 2.45) is 11.1 Å². The predicted molar refractivity (Wildman–Crippen MR) is 67.4 cm³/mol. The van der Waals surface area contributed by atoms with E-state index in [1.807, 2.05) is 0 Å². The van der Waals surface area contributed by atoms with Crippen LogP contribution in [-0.4, -0.2) is 25.9 Å². The summed E-state index contributed by atoms with van der Waals surface area (Å²) in [6.45, 7) is 2.97. The van der Waals surface area contributed by atoms with Crippen LogP contribution >= 0.6 is 11.6 Å². The lowest BCUT2D eigenvalue weighted by Gasteiger charge is -2.20. The predicted octanol–water partition coefficient (Wildman–Crippen LogP) is 0.525. The first-order valence-corrected chi connectivity index (χ1v) is 6.93. The van der Waals surface area contributed by atoms with Gasteiger partial charge in [-0.05, 0) is 26.0 Å². The lowest BCUT2D eigenvalue weighted by molar-refractivity contribution is -0.125. The number of halogens is 1. The minimum absolute atomic E-state index is 0.115. The zero-order valence-electron chi connectivity index (χ0n) is 9.97. The van der Waals surface area contributed by atoms with Crippen LogP contribution in [0.1, 0.15) is 13.8 Å². The third-order valence-corrected chi connectivity index (χ3v) is 4.23. The number of carbonyl (C=O) groups excluding carboxylic acids is 1. The number of pyridine rings is 1. The van der Waals surface area contributed by atoms with Crippen molar-refractivity contribution in [1.29, 1.82) is 0 Å². The normalized spacial score (nSPS) is 12.4. The maximum absolute atomic E-state index is 11.9. The summed E-state index contributed by atoms with van der Waals surface area (Å²) in [5, 5.41) is -0.123. The van der Waals surface area contributed by atoms with Crippen molar-refractivity contribution >= 4 is 27.5 Å². The van der Waals surface area contributed by atoms with Crippen LogP contribution in [0.4, 0.5) is 0 Å². The number of rotatable bonds is 5. The van der Waals surface area contributed by atoms with Gasteiger partial charge in [0.2, 0.25) is 15.9 Å². The molecule has 0 unspecified atom stereocenters. The van der Waals surface area contributed by atoms with E-state index < -0.39 is 21.3 Å². The number of carbonyl (C=O) groups is 1. The Labute approximate surface area is 111 Å². The third kappa shape index (κ3) is 3.41. The molecule has 0 aliphatic rings. The maximum Gasteiger partial charge on any atom is 0.243 e. The van der Waals surface area contributed by atoms with Crippen molar-refractivity contribution in [3.05, 3.63) is 23.5 Å². The smallest absolute Gasteiger partial charge is 0.243 e. The van der Waals surface area contributed by atoms with E-state index in [-0.39, 0.29) is 16.6 Å². The third-order valence-electron chi connectivity index (χ3n) is 2.39. The molecule has 0 fully saturated rings. The van der Waals surface area contributed by atoms with E-state index in [1.54, 1.807) is 13.8 Å². The van der Waals surface area contributed by atoms with E-state index >= 15 is 0 Å². The Kier molecular flexibility index (Phi) is 4.31. The average Bonchev–Trinajstić information content (AvgIpc) is 2.27. The molecule has 1 aromatic heterocycles. The lowest BCUT2D eigenvalue weighted by Crippen LogP contribution is -2.42. The molecule has 1 heterocycles. The molecule has 8 heteroatoms. The van der Waals surface area contributed by atoms with Crippen LogP contribution < -0.4 is 10.5 Å². The summed E-state index contributed by atoms with van der Waals surface area (Å²) in [6.07, 6.45) is 1.38. The Bertz CT molecular complexity index is 557. The van der Waals surface area contributed by atoms with Gasteiger partial charge in [-0.2, -0.15) is 0 Å². The summed E-state index contributed by atoms with van der Waals surface area (Å²) in [5.41, 5.74) is 4.17. The molecule has 18 heavy (non-hydrogen) atoms. The number of hydrogen-bond donors (Lipinski definition) is 2. The molecule has 0 aliphatic heterocycles.